The number of fused-ring (bicyclic) bond motifs is 1. The van der Waals surface area contributed by atoms with Crippen molar-refractivity contribution in [1.82, 2.24) is 5.32 Å². The molecule has 32 heavy (non-hydrogen) atoms. The maximum absolute atomic E-state index is 13.6. The molecule has 0 radical (unpaired) electrons. The van der Waals surface area contributed by atoms with Crippen molar-refractivity contribution in [2.75, 3.05) is 4.90 Å². The second-order valence-corrected chi connectivity index (χ2v) is 9.53. The van der Waals surface area contributed by atoms with E-state index in [-0.39, 0.29) is 11.8 Å². The third-order valence-electron chi connectivity index (χ3n) is 5.96. The highest BCUT2D eigenvalue weighted by Crippen LogP contribution is 2.42. The molecule has 0 fully saturated rings. The average molecular weight is 445 g/mol. The van der Waals surface area contributed by atoms with Crippen LogP contribution in [-0.4, -0.2) is 17.1 Å². The van der Waals surface area contributed by atoms with Gasteiger partial charge >= 0.3 is 0 Å². The molecule has 0 saturated heterocycles. The second kappa shape index (κ2) is 9.61. The molecule has 0 aliphatic carbocycles. The van der Waals surface area contributed by atoms with Gasteiger partial charge in [-0.15, -0.1) is 11.8 Å². The number of hydrogen-bond acceptors (Lipinski definition) is 3. The molecule has 1 aliphatic rings. The number of nitrogens with zero attached hydrogens (tertiary/aromatic N) is 1. The summed E-state index contributed by atoms with van der Waals surface area (Å²) < 4.78 is 0. The predicted octanol–water partition coefficient (Wildman–Crippen LogP) is 5.26. The van der Waals surface area contributed by atoms with Gasteiger partial charge in [-0.25, -0.2) is 0 Å². The van der Waals surface area contributed by atoms with Crippen LogP contribution in [0.1, 0.15) is 29.2 Å². The molecule has 0 saturated carbocycles. The number of nitrogens with one attached hydrogen (secondary N) is 1. The zero-order valence-electron chi connectivity index (χ0n) is 18.7. The predicted molar refractivity (Wildman–Crippen MR) is 131 cm³/mol. The Bertz CT molecular complexity index is 1130. The van der Waals surface area contributed by atoms with E-state index in [1.165, 1.54) is 17.3 Å². The maximum atomic E-state index is 13.6. The first kappa shape index (κ1) is 22.2. The Balaban J connectivity index is 1.53. The molecule has 1 aliphatic heterocycles. The van der Waals surface area contributed by atoms with Gasteiger partial charge in [0.15, 0.2) is 0 Å². The lowest BCUT2D eigenvalue weighted by Gasteiger charge is -2.36. The molecule has 5 heteroatoms. The number of para-hydroxylation sites is 1. The molecule has 3 aromatic carbocycles. The Kier molecular flexibility index (Phi) is 6.66. The van der Waals surface area contributed by atoms with Crippen LogP contribution in [0.3, 0.4) is 0 Å². The number of benzene rings is 3. The first-order valence-corrected chi connectivity index (χ1v) is 11.8. The van der Waals surface area contributed by atoms with Crippen molar-refractivity contribution in [3.63, 3.8) is 0 Å². The topological polar surface area (TPSA) is 49.4 Å². The molecule has 4 nitrogen and oxygen atoms in total. The van der Waals surface area contributed by atoms with E-state index in [9.17, 15) is 9.59 Å². The Morgan fingerprint density at radius 2 is 1.69 bits per heavy atom. The molecule has 4 rings (SSSR count). The van der Waals surface area contributed by atoms with Crippen LogP contribution in [0.25, 0.3) is 0 Å². The van der Waals surface area contributed by atoms with E-state index in [0.29, 0.717) is 13.1 Å². The summed E-state index contributed by atoms with van der Waals surface area (Å²) in [6, 6.07) is 24.2. The number of rotatable bonds is 6. The molecule has 2 amide bonds. The summed E-state index contributed by atoms with van der Waals surface area (Å²) in [5.74, 6) is -0.577. The van der Waals surface area contributed by atoms with E-state index < -0.39 is 11.2 Å². The zero-order valence-corrected chi connectivity index (χ0v) is 19.5. The maximum Gasteiger partial charge on any atom is 0.241 e. The molecule has 164 valence electrons. The number of thioether (sulfide) groups is 1. The van der Waals surface area contributed by atoms with E-state index in [0.717, 1.165) is 27.3 Å². The van der Waals surface area contributed by atoms with Crippen molar-refractivity contribution < 1.29 is 9.59 Å². The molecule has 0 spiro atoms. The van der Waals surface area contributed by atoms with Crippen LogP contribution in [0.4, 0.5) is 5.69 Å². The summed E-state index contributed by atoms with van der Waals surface area (Å²) in [4.78, 5) is 29.4. The summed E-state index contributed by atoms with van der Waals surface area (Å²) >= 11 is 1.49. The fraction of sp³-hybridized carbons (Fsp3) is 0.259. The minimum absolute atomic E-state index is 0.0186. The summed E-state index contributed by atoms with van der Waals surface area (Å²) in [7, 11) is 0. The van der Waals surface area contributed by atoms with E-state index in [4.69, 9.17) is 0 Å². The van der Waals surface area contributed by atoms with Gasteiger partial charge in [0.05, 0.1) is 18.2 Å². The highest BCUT2D eigenvalue weighted by atomic mass is 32.2. The lowest BCUT2D eigenvalue weighted by Crippen LogP contribution is -2.47. The normalized spacial score (nSPS) is 16.4. The molecule has 0 aromatic heterocycles. The summed E-state index contributed by atoms with van der Waals surface area (Å²) in [5.41, 5.74) is 5.40. The van der Waals surface area contributed by atoms with Crippen molar-refractivity contribution in [2.45, 2.75) is 44.0 Å². The van der Waals surface area contributed by atoms with E-state index in [2.05, 4.69) is 24.4 Å². The van der Waals surface area contributed by atoms with Crippen molar-refractivity contribution >= 4 is 29.3 Å². The number of hydrogen-bond donors (Lipinski definition) is 1. The lowest BCUT2D eigenvalue weighted by molar-refractivity contribution is -0.128. The van der Waals surface area contributed by atoms with Crippen LogP contribution in [0.5, 0.6) is 0 Å². The SMILES string of the molecule is Cc1ccc(CNC(=O)[C@@H](C)[C@@H]2Sc3ccccc3N(Cc3ccccc3C)C2=O)cc1. The number of carbonyl (C=O) groups is 2. The standard InChI is InChI=1S/C27H28N2O2S/c1-18-12-14-21(15-13-18)16-28-26(30)20(3)25-27(31)29(17-22-9-5-4-8-19(22)2)23-10-6-7-11-24(23)32-25/h4-15,20,25H,16-17H2,1-3H3,(H,28,30)/t20-,25-/m0/s1. The minimum Gasteiger partial charge on any atom is -0.352 e. The summed E-state index contributed by atoms with van der Waals surface area (Å²) in [6.07, 6.45) is 0. The van der Waals surface area contributed by atoms with E-state index in [1.807, 2.05) is 79.4 Å². The van der Waals surface area contributed by atoms with Crippen LogP contribution in [0, 0.1) is 19.8 Å². The van der Waals surface area contributed by atoms with Crippen molar-refractivity contribution in [1.29, 1.82) is 0 Å². The highest BCUT2D eigenvalue weighted by molar-refractivity contribution is 8.01. The van der Waals surface area contributed by atoms with Crippen LogP contribution in [0.15, 0.2) is 77.7 Å². The Hall–Kier alpha value is -3.05. The van der Waals surface area contributed by atoms with Crippen LogP contribution in [0.2, 0.25) is 0 Å². The Morgan fingerprint density at radius 1 is 1.00 bits per heavy atom. The van der Waals surface area contributed by atoms with Gasteiger partial charge < -0.3 is 10.2 Å². The summed E-state index contributed by atoms with van der Waals surface area (Å²) in [6.45, 7) is 6.90. The average Bonchev–Trinajstić information content (AvgIpc) is 2.81. The van der Waals surface area contributed by atoms with Crippen molar-refractivity contribution in [3.05, 3.63) is 95.1 Å². The van der Waals surface area contributed by atoms with Crippen LogP contribution < -0.4 is 10.2 Å². The third kappa shape index (κ3) is 4.73. The monoisotopic (exact) mass is 444 g/mol. The highest BCUT2D eigenvalue weighted by Gasteiger charge is 2.39. The quantitative estimate of drug-likeness (QED) is 0.564. The molecule has 0 bridgehead atoms. The molecule has 3 aromatic rings. The van der Waals surface area contributed by atoms with Crippen LogP contribution >= 0.6 is 11.8 Å². The number of aryl methyl sites for hydroxylation is 2. The third-order valence-corrected chi connectivity index (χ3v) is 7.43. The van der Waals surface area contributed by atoms with Gasteiger partial charge in [0.25, 0.3) is 0 Å². The van der Waals surface area contributed by atoms with Crippen molar-refractivity contribution in [2.24, 2.45) is 5.92 Å². The van der Waals surface area contributed by atoms with Crippen LogP contribution in [-0.2, 0) is 22.7 Å². The largest absolute Gasteiger partial charge is 0.352 e. The first-order valence-electron chi connectivity index (χ1n) is 10.9. The van der Waals surface area contributed by atoms with E-state index in [1.54, 1.807) is 0 Å². The van der Waals surface area contributed by atoms with Gasteiger partial charge in [-0.05, 0) is 42.7 Å². The first-order chi connectivity index (χ1) is 15.4. The zero-order chi connectivity index (χ0) is 22.7. The molecule has 2 atom stereocenters. The van der Waals surface area contributed by atoms with Gasteiger partial charge in [0.2, 0.25) is 11.8 Å². The molecular weight excluding hydrogens is 416 g/mol. The number of carbonyl (C=O) groups excluding carboxylic acids is 2. The van der Waals surface area contributed by atoms with Gasteiger partial charge in [-0.2, -0.15) is 0 Å². The number of amides is 2. The minimum atomic E-state index is -0.466. The van der Waals surface area contributed by atoms with Crippen molar-refractivity contribution in [3.8, 4) is 0 Å². The number of anilines is 1. The molecular formula is C27H28N2O2S. The van der Waals surface area contributed by atoms with Gasteiger partial charge in [-0.3, -0.25) is 9.59 Å². The Labute approximate surface area is 194 Å². The molecule has 0 unspecified atom stereocenters. The van der Waals surface area contributed by atoms with Gasteiger partial charge in [-0.1, -0.05) is 73.2 Å². The Morgan fingerprint density at radius 3 is 2.44 bits per heavy atom. The smallest absolute Gasteiger partial charge is 0.241 e. The lowest BCUT2D eigenvalue weighted by atomic mass is 10.0. The van der Waals surface area contributed by atoms with E-state index >= 15 is 0 Å². The van der Waals surface area contributed by atoms with Gasteiger partial charge in [0.1, 0.15) is 5.25 Å². The fourth-order valence-corrected chi connectivity index (χ4v) is 5.16. The van der Waals surface area contributed by atoms with Gasteiger partial charge in [0, 0.05) is 11.4 Å². The molecule has 1 N–H and O–H groups in total. The second-order valence-electron chi connectivity index (χ2n) is 8.35. The summed E-state index contributed by atoms with van der Waals surface area (Å²) in [5, 5.41) is 2.54. The molecule has 1 heterocycles. The fourth-order valence-electron chi connectivity index (χ4n) is 3.87.